The third-order valence-corrected chi connectivity index (χ3v) is 5.64. The van der Waals surface area contributed by atoms with Crippen LogP contribution in [0.4, 0.5) is 45.5 Å². The van der Waals surface area contributed by atoms with Gasteiger partial charge >= 0.3 is 18.5 Å². The number of hydrogen-bond acceptors (Lipinski definition) is 5. The molecule has 15 heteroatoms. The fourth-order valence-corrected chi connectivity index (χ4v) is 3.88. The summed E-state index contributed by atoms with van der Waals surface area (Å²) in [6, 6.07) is 4.01. The number of tetrazole rings is 1. The van der Waals surface area contributed by atoms with E-state index in [1.807, 2.05) is 0 Å². The highest BCUT2D eigenvalue weighted by Crippen LogP contribution is 2.38. The smallest absolute Gasteiger partial charge is 0.377 e. The van der Waals surface area contributed by atoms with Gasteiger partial charge in [0.25, 0.3) is 5.95 Å². The van der Waals surface area contributed by atoms with Crippen molar-refractivity contribution in [3.05, 3.63) is 69.8 Å². The summed E-state index contributed by atoms with van der Waals surface area (Å²) in [5, 5.41) is 11.4. The molecule has 1 atom stereocenters. The minimum atomic E-state index is -5.08. The summed E-state index contributed by atoms with van der Waals surface area (Å²) in [5.41, 5.74) is -4.03. The summed E-state index contributed by atoms with van der Waals surface area (Å²) < 4.78 is 126. The Labute approximate surface area is 211 Å². The van der Waals surface area contributed by atoms with Gasteiger partial charge in [0.2, 0.25) is 0 Å². The highest BCUT2D eigenvalue weighted by Gasteiger charge is 2.37. The Morgan fingerprint density at radius 2 is 1.42 bits per heavy atom. The molecule has 0 aliphatic heterocycles. The molecule has 0 saturated heterocycles. The number of hydrogen-bond donors (Lipinski definition) is 0. The Bertz CT molecular complexity index is 1220. The third kappa shape index (κ3) is 6.94. The van der Waals surface area contributed by atoms with E-state index >= 15 is 0 Å². The summed E-state index contributed by atoms with van der Waals surface area (Å²) in [5.74, 6) is -0.215. The summed E-state index contributed by atoms with van der Waals surface area (Å²) in [6.07, 6.45) is -15.1. The van der Waals surface area contributed by atoms with Gasteiger partial charge in [0.1, 0.15) is 0 Å². The maximum Gasteiger partial charge on any atom is 0.416 e. The van der Waals surface area contributed by atoms with Gasteiger partial charge in [-0.05, 0) is 58.7 Å². The van der Waals surface area contributed by atoms with Crippen LogP contribution in [-0.2, 0) is 43.4 Å². The molecular formula is C23H22F9N5O. The number of nitrogens with zero attached hydrogens (tertiary/aromatic N) is 5. The van der Waals surface area contributed by atoms with Gasteiger partial charge in [-0.2, -0.15) is 44.3 Å². The van der Waals surface area contributed by atoms with Crippen molar-refractivity contribution in [2.75, 3.05) is 12.0 Å². The van der Waals surface area contributed by atoms with Crippen LogP contribution in [0.3, 0.4) is 0 Å². The van der Waals surface area contributed by atoms with Gasteiger partial charge in [-0.1, -0.05) is 18.1 Å². The molecule has 0 unspecified atom stereocenters. The van der Waals surface area contributed by atoms with Crippen LogP contribution >= 0.6 is 0 Å². The van der Waals surface area contributed by atoms with E-state index in [-0.39, 0.29) is 17.6 Å². The summed E-state index contributed by atoms with van der Waals surface area (Å²) in [6.45, 7) is 0.736. The molecule has 208 valence electrons. The fourth-order valence-electron chi connectivity index (χ4n) is 3.88. The van der Waals surface area contributed by atoms with Gasteiger partial charge in [-0.3, -0.25) is 0 Å². The Hall–Kier alpha value is -3.36. The largest absolute Gasteiger partial charge is 0.416 e. The monoisotopic (exact) mass is 555 g/mol. The van der Waals surface area contributed by atoms with Gasteiger partial charge in [0.15, 0.2) is 0 Å². The standard InChI is InChI=1S/C23H22F9N5O/c1-4-19(38-3)18-6-5-15(21(24,25)26)9-14(18)12-37(20-33-35-36(2)34-20)11-13-7-16(22(27,28)29)10-17(8-13)23(30,31)32/h5-10,19H,4,11-12H2,1-3H3/t19-/m0/s1. The lowest BCUT2D eigenvalue weighted by Gasteiger charge is -2.26. The number of benzene rings is 2. The molecule has 0 aliphatic rings. The van der Waals surface area contributed by atoms with Crippen LogP contribution in [0.5, 0.6) is 0 Å². The molecule has 2 aromatic carbocycles. The first-order valence-electron chi connectivity index (χ1n) is 11.0. The van der Waals surface area contributed by atoms with E-state index in [4.69, 9.17) is 4.74 Å². The van der Waals surface area contributed by atoms with Crippen molar-refractivity contribution >= 4 is 5.95 Å². The van der Waals surface area contributed by atoms with Crippen LogP contribution in [0.25, 0.3) is 0 Å². The van der Waals surface area contributed by atoms with Crippen molar-refractivity contribution < 1.29 is 44.3 Å². The van der Waals surface area contributed by atoms with E-state index < -0.39 is 60.0 Å². The second-order valence-corrected chi connectivity index (χ2v) is 8.39. The minimum Gasteiger partial charge on any atom is -0.377 e. The average Bonchev–Trinajstić information content (AvgIpc) is 3.24. The van der Waals surface area contributed by atoms with E-state index in [1.54, 1.807) is 6.92 Å². The van der Waals surface area contributed by atoms with Crippen LogP contribution in [0.2, 0.25) is 0 Å². The predicted molar refractivity (Wildman–Crippen MR) is 117 cm³/mol. The third-order valence-electron chi connectivity index (χ3n) is 5.64. The maximum atomic E-state index is 13.5. The van der Waals surface area contributed by atoms with Crippen molar-refractivity contribution in [2.45, 2.75) is 51.1 Å². The predicted octanol–water partition coefficient (Wildman–Crippen LogP) is 6.57. The number of rotatable bonds is 8. The van der Waals surface area contributed by atoms with E-state index in [1.165, 1.54) is 20.2 Å². The number of halogens is 9. The number of aryl methyl sites for hydroxylation is 1. The quantitative estimate of drug-likeness (QED) is 0.295. The van der Waals surface area contributed by atoms with Crippen molar-refractivity contribution in [3.8, 4) is 0 Å². The number of anilines is 1. The summed E-state index contributed by atoms with van der Waals surface area (Å²) in [7, 11) is 2.73. The highest BCUT2D eigenvalue weighted by molar-refractivity contribution is 5.41. The molecule has 38 heavy (non-hydrogen) atoms. The van der Waals surface area contributed by atoms with Gasteiger partial charge in [0, 0.05) is 20.2 Å². The minimum absolute atomic E-state index is 0.0102. The molecule has 0 radical (unpaired) electrons. The van der Waals surface area contributed by atoms with Crippen LogP contribution in [0, 0.1) is 0 Å². The molecule has 1 aromatic heterocycles. The van der Waals surface area contributed by atoms with Crippen LogP contribution in [0.1, 0.15) is 52.8 Å². The second-order valence-electron chi connectivity index (χ2n) is 8.39. The molecule has 1 heterocycles. The Kier molecular flexibility index (Phi) is 8.29. The number of ether oxygens (including phenoxy) is 1. The van der Waals surface area contributed by atoms with Gasteiger partial charge in [-0.15, -0.1) is 5.10 Å². The molecule has 0 aliphatic carbocycles. The summed E-state index contributed by atoms with van der Waals surface area (Å²) in [4.78, 5) is 2.14. The molecule has 0 saturated carbocycles. The molecular weight excluding hydrogens is 533 g/mol. The molecule has 0 spiro atoms. The average molecular weight is 555 g/mol. The SMILES string of the molecule is CC[C@H](OC)c1ccc(C(F)(F)F)cc1CN(Cc1cc(C(F)(F)F)cc(C(F)(F)F)c1)c1nnn(C)n1. The zero-order valence-electron chi connectivity index (χ0n) is 20.2. The zero-order chi connectivity index (χ0) is 28.5. The van der Waals surface area contributed by atoms with Crippen molar-refractivity contribution in [1.82, 2.24) is 20.2 Å². The van der Waals surface area contributed by atoms with Crippen molar-refractivity contribution in [2.24, 2.45) is 7.05 Å². The molecule has 3 rings (SSSR count). The molecule has 0 fully saturated rings. The first-order valence-corrected chi connectivity index (χ1v) is 11.0. The fraction of sp³-hybridized carbons (Fsp3) is 0.435. The Morgan fingerprint density at radius 1 is 0.842 bits per heavy atom. The van der Waals surface area contributed by atoms with E-state index in [9.17, 15) is 39.5 Å². The van der Waals surface area contributed by atoms with Crippen LogP contribution in [-0.4, -0.2) is 27.3 Å². The lowest BCUT2D eigenvalue weighted by Crippen LogP contribution is -2.26. The van der Waals surface area contributed by atoms with Crippen molar-refractivity contribution in [3.63, 3.8) is 0 Å². The first kappa shape index (κ1) is 29.2. The molecule has 0 amide bonds. The first-order chi connectivity index (χ1) is 17.5. The number of aromatic nitrogens is 4. The van der Waals surface area contributed by atoms with Gasteiger partial charge in [0.05, 0.1) is 29.8 Å². The number of alkyl halides is 9. The molecule has 6 nitrogen and oxygen atoms in total. The molecule has 0 bridgehead atoms. The second kappa shape index (κ2) is 10.8. The molecule has 0 N–H and O–H groups in total. The lowest BCUT2D eigenvalue weighted by molar-refractivity contribution is -0.143. The van der Waals surface area contributed by atoms with E-state index in [0.29, 0.717) is 24.1 Å². The molecule has 3 aromatic rings. The van der Waals surface area contributed by atoms with Crippen molar-refractivity contribution in [1.29, 1.82) is 0 Å². The maximum absolute atomic E-state index is 13.5. The summed E-state index contributed by atoms with van der Waals surface area (Å²) >= 11 is 0. The van der Waals surface area contributed by atoms with Crippen LogP contribution < -0.4 is 4.90 Å². The van der Waals surface area contributed by atoms with Gasteiger partial charge < -0.3 is 9.64 Å². The zero-order valence-corrected chi connectivity index (χ0v) is 20.2. The topological polar surface area (TPSA) is 56.1 Å². The Morgan fingerprint density at radius 3 is 1.87 bits per heavy atom. The van der Waals surface area contributed by atoms with E-state index in [0.717, 1.165) is 21.8 Å². The number of methoxy groups -OCH3 is 1. The highest BCUT2D eigenvalue weighted by atomic mass is 19.4. The van der Waals surface area contributed by atoms with Crippen LogP contribution in [0.15, 0.2) is 36.4 Å². The Balaban J connectivity index is 2.14. The normalized spacial score (nSPS) is 13.6. The lowest BCUT2D eigenvalue weighted by atomic mass is 9.97. The van der Waals surface area contributed by atoms with E-state index in [2.05, 4.69) is 15.4 Å². The van der Waals surface area contributed by atoms with Gasteiger partial charge in [-0.25, -0.2) is 0 Å².